The van der Waals surface area contributed by atoms with E-state index in [1.165, 1.54) is 0 Å². The van der Waals surface area contributed by atoms with Crippen molar-refractivity contribution in [2.45, 2.75) is 12.9 Å². The number of nitrogen functional groups attached to an aromatic ring is 1. The van der Waals surface area contributed by atoms with Gasteiger partial charge in [0, 0.05) is 12.1 Å². The zero-order valence-electron chi connectivity index (χ0n) is 7.31. The zero-order valence-corrected chi connectivity index (χ0v) is 9.46. The molecule has 0 spiro atoms. The van der Waals surface area contributed by atoms with Crippen molar-refractivity contribution in [3.05, 3.63) is 15.5 Å². The van der Waals surface area contributed by atoms with E-state index >= 15 is 0 Å². The van der Waals surface area contributed by atoms with Crippen molar-refractivity contribution in [2.24, 2.45) is 5.73 Å². The molecule has 84 valence electrons. The first-order chi connectivity index (χ1) is 6.85. The Labute approximate surface area is 96.9 Å². The number of aromatic nitrogens is 1. The maximum atomic E-state index is 12.0. The first kappa shape index (κ1) is 12.3. The standard InChI is InChI=1S/C7H7F3IN3O/c8-7(9,10)15-4-2-14-6(11)5(13)3(4)1-12/h2H,1,12-13H2. The van der Waals surface area contributed by atoms with Gasteiger partial charge in [-0.25, -0.2) is 4.98 Å². The Morgan fingerprint density at radius 2 is 2.07 bits per heavy atom. The van der Waals surface area contributed by atoms with Gasteiger partial charge in [0.05, 0.1) is 11.9 Å². The first-order valence-electron chi connectivity index (χ1n) is 3.74. The molecule has 1 aromatic rings. The molecule has 0 aromatic carbocycles. The number of nitrogens with two attached hydrogens (primary N) is 2. The van der Waals surface area contributed by atoms with Crippen LogP contribution >= 0.6 is 22.6 Å². The van der Waals surface area contributed by atoms with E-state index in [1.807, 2.05) is 0 Å². The maximum Gasteiger partial charge on any atom is 0.573 e. The summed E-state index contributed by atoms with van der Waals surface area (Å²) in [4.78, 5) is 3.65. The highest BCUT2D eigenvalue weighted by atomic mass is 127. The molecule has 0 saturated carbocycles. The smallest absolute Gasteiger partial charge is 0.404 e. The van der Waals surface area contributed by atoms with Gasteiger partial charge >= 0.3 is 6.36 Å². The first-order valence-corrected chi connectivity index (χ1v) is 4.81. The zero-order chi connectivity index (χ0) is 11.6. The summed E-state index contributed by atoms with van der Waals surface area (Å²) < 4.78 is 40.0. The molecule has 0 unspecified atom stereocenters. The lowest BCUT2D eigenvalue weighted by molar-refractivity contribution is -0.275. The average Bonchev–Trinajstić information content (AvgIpc) is 2.10. The van der Waals surface area contributed by atoms with Gasteiger partial charge in [0.1, 0.15) is 3.70 Å². The molecule has 0 aliphatic carbocycles. The van der Waals surface area contributed by atoms with Gasteiger partial charge in [0.25, 0.3) is 0 Å². The normalized spacial score (nSPS) is 11.5. The SMILES string of the molecule is NCc1c(OC(F)(F)F)cnc(I)c1N. The minimum Gasteiger partial charge on any atom is -0.404 e. The molecule has 4 nitrogen and oxygen atoms in total. The van der Waals surface area contributed by atoms with Crippen LogP contribution < -0.4 is 16.2 Å². The topological polar surface area (TPSA) is 74.2 Å². The van der Waals surface area contributed by atoms with Crippen molar-refractivity contribution in [3.63, 3.8) is 0 Å². The van der Waals surface area contributed by atoms with Crippen LogP contribution in [0, 0.1) is 3.70 Å². The van der Waals surface area contributed by atoms with E-state index in [0.29, 0.717) is 3.70 Å². The number of anilines is 1. The Morgan fingerprint density at radius 3 is 2.53 bits per heavy atom. The molecular formula is C7H7F3IN3O. The van der Waals surface area contributed by atoms with Crippen molar-refractivity contribution in [3.8, 4) is 5.75 Å². The molecule has 1 rings (SSSR count). The molecular weight excluding hydrogens is 326 g/mol. The Morgan fingerprint density at radius 1 is 1.47 bits per heavy atom. The molecule has 1 aromatic heterocycles. The van der Waals surface area contributed by atoms with Crippen molar-refractivity contribution in [2.75, 3.05) is 5.73 Å². The molecule has 0 aliphatic rings. The molecule has 15 heavy (non-hydrogen) atoms. The molecule has 8 heteroatoms. The molecule has 4 N–H and O–H groups in total. The average molecular weight is 333 g/mol. The number of alkyl halides is 3. The van der Waals surface area contributed by atoms with Gasteiger partial charge in [-0.05, 0) is 22.6 Å². The van der Waals surface area contributed by atoms with E-state index in [2.05, 4.69) is 9.72 Å². The Bertz CT molecular complexity index is 369. The van der Waals surface area contributed by atoms with Gasteiger partial charge in [-0.2, -0.15) is 0 Å². The summed E-state index contributed by atoms with van der Waals surface area (Å²) in [5.74, 6) is -0.456. The van der Waals surface area contributed by atoms with Gasteiger partial charge in [-0.3, -0.25) is 0 Å². The summed E-state index contributed by atoms with van der Waals surface area (Å²) in [6.45, 7) is -0.143. The third-order valence-corrected chi connectivity index (χ3v) is 2.43. The van der Waals surface area contributed by atoms with Gasteiger partial charge < -0.3 is 16.2 Å². The summed E-state index contributed by atoms with van der Waals surface area (Å²) >= 11 is 1.80. The fourth-order valence-electron chi connectivity index (χ4n) is 0.943. The predicted molar refractivity (Wildman–Crippen MR) is 55.9 cm³/mol. The number of hydrogen-bond acceptors (Lipinski definition) is 4. The van der Waals surface area contributed by atoms with Crippen LogP contribution in [0.5, 0.6) is 5.75 Å². The second kappa shape index (κ2) is 4.39. The summed E-state index contributed by atoms with van der Waals surface area (Å²) in [5, 5.41) is 0. The van der Waals surface area contributed by atoms with Crippen LogP contribution in [-0.2, 0) is 6.54 Å². The predicted octanol–water partition coefficient (Wildman–Crippen LogP) is 1.63. The summed E-state index contributed by atoms with van der Waals surface area (Å²) in [7, 11) is 0. The third-order valence-electron chi connectivity index (χ3n) is 1.57. The Hall–Kier alpha value is -0.770. The highest BCUT2D eigenvalue weighted by Crippen LogP contribution is 2.30. The number of halogens is 4. The van der Waals surface area contributed by atoms with Crippen molar-refractivity contribution < 1.29 is 17.9 Å². The van der Waals surface area contributed by atoms with Crippen LogP contribution in [0.25, 0.3) is 0 Å². The lowest BCUT2D eigenvalue weighted by Crippen LogP contribution is -2.20. The van der Waals surface area contributed by atoms with Gasteiger partial charge in [-0.15, -0.1) is 13.2 Å². The van der Waals surface area contributed by atoms with E-state index < -0.39 is 12.1 Å². The molecule has 0 saturated heterocycles. The van der Waals surface area contributed by atoms with E-state index in [-0.39, 0.29) is 17.8 Å². The van der Waals surface area contributed by atoms with Crippen molar-refractivity contribution >= 4 is 28.3 Å². The fourth-order valence-corrected chi connectivity index (χ4v) is 1.41. The molecule has 0 radical (unpaired) electrons. The fraction of sp³-hybridized carbons (Fsp3) is 0.286. The lowest BCUT2D eigenvalue weighted by atomic mass is 10.2. The number of ether oxygens (including phenoxy) is 1. The lowest BCUT2D eigenvalue weighted by Gasteiger charge is -2.13. The Balaban J connectivity index is 3.14. The summed E-state index contributed by atoms with van der Waals surface area (Å²) in [6, 6.07) is 0. The highest BCUT2D eigenvalue weighted by Gasteiger charge is 2.32. The highest BCUT2D eigenvalue weighted by molar-refractivity contribution is 14.1. The van der Waals surface area contributed by atoms with Crippen LogP contribution in [0.4, 0.5) is 18.9 Å². The molecule has 0 bridgehead atoms. The molecule has 0 atom stereocenters. The van der Waals surface area contributed by atoms with Crippen LogP contribution in [0.1, 0.15) is 5.56 Å². The quantitative estimate of drug-likeness (QED) is 0.637. The van der Waals surface area contributed by atoms with Crippen LogP contribution in [0.15, 0.2) is 6.20 Å². The number of pyridine rings is 1. The van der Waals surface area contributed by atoms with Gasteiger partial charge in [0.2, 0.25) is 0 Å². The maximum absolute atomic E-state index is 12.0. The van der Waals surface area contributed by atoms with Crippen LogP contribution in [0.3, 0.4) is 0 Å². The summed E-state index contributed by atoms with van der Waals surface area (Å²) in [6.07, 6.45) is -3.82. The van der Waals surface area contributed by atoms with Crippen LogP contribution in [-0.4, -0.2) is 11.3 Å². The monoisotopic (exact) mass is 333 g/mol. The Kier molecular flexibility index (Phi) is 3.60. The van der Waals surface area contributed by atoms with Crippen LogP contribution in [0.2, 0.25) is 0 Å². The van der Waals surface area contributed by atoms with Crippen molar-refractivity contribution in [1.29, 1.82) is 0 Å². The minimum atomic E-state index is -4.77. The van der Waals surface area contributed by atoms with Gasteiger partial charge in [-0.1, -0.05) is 0 Å². The number of rotatable bonds is 2. The van der Waals surface area contributed by atoms with E-state index in [9.17, 15) is 13.2 Å². The van der Waals surface area contributed by atoms with E-state index in [0.717, 1.165) is 6.20 Å². The van der Waals surface area contributed by atoms with Gasteiger partial charge in [0.15, 0.2) is 5.75 Å². The molecule has 0 fully saturated rings. The second-order valence-corrected chi connectivity index (χ2v) is 3.58. The largest absolute Gasteiger partial charge is 0.573 e. The number of hydrogen-bond donors (Lipinski definition) is 2. The molecule has 0 amide bonds. The third kappa shape index (κ3) is 3.09. The molecule has 0 aliphatic heterocycles. The van der Waals surface area contributed by atoms with E-state index in [4.69, 9.17) is 11.5 Å². The van der Waals surface area contributed by atoms with Crippen molar-refractivity contribution in [1.82, 2.24) is 4.98 Å². The molecule has 1 heterocycles. The second-order valence-electron chi connectivity index (χ2n) is 2.56. The summed E-state index contributed by atoms with van der Waals surface area (Å²) in [5.41, 5.74) is 11.0. The number of nitrogens with zero attached hydrogens (tertiary/aromatic N) is 1. The minimum absolute atomic E-state index is 0.103. The van der Waals surface area contributed by atoms with E-state index in [1.54, 1.807) is 22.6 Å².